The molecule has 3 rings (SSSR count). The molecule has 27 heavy (non-hydrogen) atoms. The molecule has 1 aromatic rings. The number of benzene rings is 1. The normalized spacial score (nSPS) is 22.4. The van der Waals surface area contributed by atoms with Crippen LogP contribution in [-0.2, 0) is 11.3 Å². The van der Waals surface area contributed by atoms with Crippen LogP contribution in [0, 0.1) is 0 Å². The Kier molecular flexibility index (Phi) is 8.64. The molecule has 2 heterocycles. The van der Waals surface area contributed by atoms with Crippen LogP contribution < -0.4 is 0 Å². The maximum absolute atomic E-state index is 5.86. The molecule has 2 nitrogen and oxygen atoms in total. The molecule has 0 amide bonds. The maximum atomic E-state index is 5.86. The predicted molar refractivity (Wildman–Crippen MR) is 115 cm³/mol. The van der Waals surface area contributed by atoms with Crippen molar-refractivity contribution in [3.8, 4) is 0 Å². The lowest BCUT2D eigenvalue weighted by Gasteiger charge is -2.45. The van der Waals surface area contributed by atoms with Crippen LogP contribution in [0.3, 0.4) is 0 Å². The van der Waals surface area contributed by atoms with Gasteiger partial charge in [0.2, 0.25) is 0 Å². The van der Waals surface area contributed by atoms with Crippen LogP contribution in [0.1, 0.15) is 69.8 Å². The zero-order chi connectivity index (χ0) is 18.7. The maximum Gasteiger partial charge on any atom is 0.0658 e. The van der Waals surface area contributed by atoms with Crippen LogP contribution in [0.25, 0.3) is 0 Å². The first kappa shape index (κ1) is 20.4. The highest BCUT2D eigenvalue weighted by Gasteiger charge is 2.34. The Hall–Kier alpha value is -1.38. The zero-order valence-electron chi connectivity index (χ0n) is 17.0. The van der Waals surface area contributed by atoms with Gasteiger partial charge in [-0.05, 0) is 37.7 Å². The summed E-state index contributed by atoms with van der Waals surface area (Å²) in [6.45, 7) is 6.60. The van der Waals surface area contributed by atoms with Crippen LogP contribution in [-0.4, -0.2) is 30.2 Å². The topological polar surface area (TPSA) is 12.5 Å². The Morgan fingerprint density at radius 2 is 1.70 bits per heavy atom. The number of morpholine rings is 1. The van der Waals surface area contributed by atoms with Gasteiger partial charge < -0.3 is 4.74 Å². The lowest BCUT2D eigenvalue weighted by molar-refractivity contribution is -0.0442. The number of rotatable bonds is 12. The average molecular weight is 368 g/mol. The first-order valence-corrected chi connectivity index (χ1v) is 11.0. The molecule has 1 fully saturated rings. The van der Waals surface area contributed by atoms with Crippen molar-refractivity contribution in [3.63, 3.8) is 0 Å². The van der Waals surface area contributed by atoms with E-state index < -0.39 is 0 Å². The summed E-state index contributed by atoms with van der Waals surface area (Å²) in [5, 5.41) is 0. The van der Waals surface area contributed by atoms with Gasteiger partial charge in [-0.3, -0.25) is 4.90 Å². The summed E-state index contributed by atoms with van der Waals surface area (Å²) in [5.41, 5.74) is 3.10. The number of hydrogen-bond donors (Lipinski definition) is 0. The van der Waals surface area contributed by atoms with E-state index in [0.29, 0.717) is 12.1 Å². The summed E-state index contributed by atoms with van der Waals surface area (Å²) < 4.78 is 5.86. The summed E-state index contributed by atoms with van der Waals surface area (Å²) in [7, 11) is 0. The van der Waals surface area contributed by atoms with E-state index in [1.165, 1.54) is 69.8 Å². The van der Waals surface area contributed by atoms with Gasteiger partial charge >= 0.3 is 0 Å². The number of ether oxygens (including phenoxy) is 1. The van der Waals surface area contributed by atoms with Gasteiger partial charge in [-0.2, -0.15) is 0 Å². The Morgan fingerprint density at radius 3 is 2.44 bits per heavy atom. The van der Waals surface area contributed by atoms with E-state index in [-0.39, 0.29) is 0 Å². The van der Waals surface area contributed by atoms with Crippen molar-refractivity contribution in [3.05, 3.63) is 60.2 Å². The van der Waals surface area contributed by atoms with Gasteiger partial charge in [-0.1, -0.05) is 80.2 Å². The lowest BCUT2D eigenvalue weighted by atomic mass is 9.90. The molecule has 0 aromatic heterocycles. The Bertz CT molecular complexity index is 579. The van der Waals surface area contributed by atoms with E-state index in [9.17, 15) is 0 Å². The van der Waals surface area contributed by atoms with E-state index in [0.717, 1.165) is 19.8 Å². The van der Waals surface area contributed by atoms with Gasteiger partial charge in [-0.15, -0.1) is 6.58 Å². The number of unbranched alkanes of at least 4 members (excludes halogenated alkanes) is 7. The highest BCUT2D eigenvalue weighted by atomic mass is 16.5. The standard InChI is InChI=1S/C25H37NO/c1-2-3-4-5-6-7-8-9-11-16-23-17-24-20-27-21-25(18-23)26(24)19-22-14-12-10-13-15-22/h2,10,12-15,17,24-25H,1,3-9,11,16,18-21H2. The summed E-state index contributed by atoms with van der Waals surface area (Å²) in [4.78, 5) is 2.66. The molecular formula is C25H37NO. The summed E-state index contributed by atoms with van der Waals surface area (Å²) in [6, 6.07) is 11.9. The molecule has 0 radical (unpaired) electrons. The third kappa shape index (κ3) is 6.62. The van der Waals surface area contributed by atoms with Crippen LogP contribution in [0.15, 0.2) is 54.6 Å². The first-order valence-electron chi connectivity index (χ1n) is 11.0. The van der Waals surface area contributed by atoms with Crippen LogP contribution >= 0.6 is 0 Å². The summed E-state index contributed by atoms with van der Waals surface area (Å²) in [5.74, 6) is 0. The second-order valence-electron chi connectivity index (χ2n) is 8.25. The molecule has 2 bridgehead atoms. The Morgan fingerprint density at radius 1 is 0.963 bits per heavy atom. The van der Waals surface area contributed by atoms with E-state index in [1.54, 1.807) is 5.57 Å². The van der Waals surface area contributed by atoms with Crippen LogP contribution in [0.5, 0.6) is 0 Å². The highest BCUT2D eigenvalue weighted by molar-refractivity contribution is 5.20. The fourth-order valence-electron chi connectivity index (χ4n) is 4.50. The second kappa shape index (κ2) is 11.5. The lowest BCUT2D eigenvalue weighted by Crippen LogP contribution is -2.53. The quantitative estimate of drug-likeness (QED) is 0.318. The van der Waals surface area contributed by atoms with Crippen molar-refractivity contribution >= 4 is 0 Å². The van der Waals surface area contributed by atoms with Crippen LogP contribution in [0.2, 0.25) is 0 Å². The Labute approximate surface area is 166 Å². The molecule has 0 spiro atoms. The largest absolute Gasteiger partial charge is 0.378 e. The molecule has 0 saturated carbocycles. The monoisotopic (exact) mass is 367 g/mol. The van der Waals surface area contributed by atoms with Gasteiger partial charge in [0.15, 0.2) is 0 Å². The van der Waals surface area contributed by atoms with Gasteiger partial charge in [-0.25, -0.2) is 0 Å². The molecule has 2 atom stereocenters. The van der Waals surface area contributed by atoms with Gasteiger partial charge in [0.1, 0.15) is 0 Å². The number of nitrogens with zero attached hydrogens (tertiary/aromatic N) is 1. The molecule has 2 unspecified atom stereocenters. The molecule has 0 N–H and O–H groups in total. The predicted octanol–water partition coefficient (Wildman–Crippen LogP) is 6.28. The molecule has 148 valence electrons. The molecule has 2 aliphatic rings. The van der Waals surface area contributed by atoms with Gasteiger partial charge in [0.25, 0.3) is 0 Å². The van der Waals surface area contributed by atoms with Crippen molar-refractivity contribution < 1.29 is 4.74 Å². The third-order valence-corrected chi connectivity index (χ3v) is 6.03. The second-order valence-corrected chi connectivity index (χ2v) is 8.25. The first-order chi connectivity index (χ1) is 13.4. The molecular weight excluding hydrogens is 330 g/mol. The molecule has 1 saturated heterocycles. The minimum atomic E-state index is 0.470. The average Bonchev–Trinajstić information content (AvgIpc) is 2.68. The van der Waals surface area contributed by atoms with E-state index in [4.69, 9.17) is 4.74 Å². The smallest absolute Gasteiger partial charge is 0.0658 e. The highest BCUT2D eigenvalue weighted by Crippen LogP contribution is 2.31. The number of hydrogen-bond acceptors (Lipinski definition) is 2. The fraction of sp³-hybridized carbons (Fsp3) is 0.600. The van der Waals surface area contributed by atoms with Gasteiger partial charge in [0, 0.05) is 12.6 Å². The Balaban J connectivity index is 1.38. The molecule has 2 aliphatic heterocycles. The fourth-order valence-corrected chi connectivity index (χ4v) is 4.50. The van der Waals surface area contributed by atoms with Crippen molar-refractivity contribution in [1.82, 2.24) is 4.90 Å². The van der Waals surface area contributed by atoms with E-state index >= 15 is 0 Å². The summed E-state index contributed by atoms with van der Waals surface area (Å²) in [6.07, 6.45) is 17.9. The SMILES string of the molecule is C=CCCCCCCCCCC1=CC2COCC(C1)N2Cc1ccccc1. The number of fused-ring (bicyclic) bond motifs is 2. The minimum absolute atomic E-state index is 0.470. The molecule has 1 aromatic carbocycles. The number of allylic oxidation sites excluding steroid dienone is 1. The summed E-state index contributed by atoms with van der Waals surface area (Å²) >= 11 is 0. The third-order valence-electron chi connectivity index (χ3n) is 6.03. The van der Waals surface area contributed by atoms with Crippen molar-refractivity contribution in [1.29, 1.82) is 0 Å². The van der Waals surface area contributed by atoms with Crippen molar-refractivity contribution in [2.75, 3.05) is 13.2 Å². The zero-order valence-corrected chi connectivity index (χ0v) is 17.0. The van der Waals surface area contributed by atoms with E-state index in [1.807, 2.05) is 6.08 Å². The van der Waals surface area contributed by atoms with E-state index in [2.05, 4.69) is 47.9 Å². The molecule has 2 heteroatoms. The minimum Gasteiger partial charge on any atom is -0.378 e. The van der Waals surface area contributed by atoms with Crippen molar-refractivity contribution in [2.24, 2.45) is 0 Å². The van der Waals surface area contributed by atoms with Crippen LogP contribution in [0.4, 0.5) is 0 Å². The molecule has 0 aliphatic carbocycles. The van der Waals surface area contributed by atoms with Crippen molar-refractivity contribution in [2.45, 2.75) is 82.8 Å². The van der Waals surface area contributed by atoms with Gasteiger partial charge in [0.05, 0.1) is 19.3 Å².